The van der Waals surface area contributed by atoms with Crippen LogP contribution in [0.2, 0.25) is 0 Å². The van der Waals surface area contributed by atoms with Gasteiger partial charge in [0, 0.05) is 54.3 Å². The average Bonchev–Trinajstić information content (AvgIpc) is 3.60. The van der Waals surface area contributed by atoms with E-state index in [0.717, 1.165) is 70.7 Å². The zero-order valence-corrected chi connectivity index (χ0v) is 25.1. The second-order valence-electron chi connectivity index (χ2n) is 12.8. The molecule has 0 unspecified atom stereocenters. The van der Waals surface area contributed by atoms with Crippen LogP contribution in [0.4, 0.5) is 10.2 Å². The van der Waals surface area contributed by atoms with Crippen LogP contribution < -0.4 is 5.73 Å². The van der Waals surface area contributed by atoms with Gasteiger partial charge in [0.05, 0.1) is 11.4 Å². The Hall–Kier alpha value is -3.82. The maximum absolute atomic E-state index is 14.3. The SMILES string of the molecule is CC(C)CN1CCC(N2CCC(n3nc(-c4ccc5[nH]c(Cc6ccccc6F)cc5c4)c4c(N)ncnc43)CC2)CC1. The van der Waals surface area contributed by atoms with Crippen LogP contribution in [0.15, 0.2) is 54.9 Å². The Morgan fingerprint density at radius 2 is 1.72 bits per heavy atom. The third-order valence-electron chi connectivity index (χ3n) is 9.35. The minimum absolute atomic E-state index is 0.188. The number of likely N-dealkylation sites (tertiary alicyclic amines) is 2. The summed E-state index contributed by atoms with van der Waals surface area (Å²) < 4.78 is 16.4. The standard InChI is InChI=1S/C34H41FN8/c1-22(2)20-41-13-9-27(10-14-41)42-15-11-28(12-16-42)43-34-31(33(36)37-21-38-34)32(40-43)24-7-8-30-25(17-24)19-26(39-30)18-23-5-3-4-6-29(23)35/h3-8,17,19,21-22,27-28,39H,9-16,18,20H2,1-2H3,(H2,36,37,38). The molecule has 2 aliphatic heterocycles. The number of halogens is 1. The first-order valence-electron chi connectivity index (χ1n) is 15.7. The lowest BCUT2D eigenvalue weighted by Crippen LogP contribution is -2.48. The highest BCUT2D eigenvalue weighted by Gasteiger charge is 2.31. The maximum Gasteiger partial charge on any atom is 0.164 e. The fraction of sp³-hybridized carbons (Fsp3) is 0.441. The number of anilines is 1. The molecule has 9 heteroatoms. The van der Waals surface area contributed by atoms with Gasteiger partial charge in [-0.05, 0) is 74.5 Å². The second kappa shape index (κ2) is 11.7. The van der Waals surface area contributed by atoms with Gasteiger partial charge in [-0.2, -0.15) is 5.10 Å². The van der Waals surface area contributed by atoms with Crippen molar-refractivity contribution in [2.75, 3.05) is 38.5 Å². The monoisotopic (exact) mass is 580 g/mol. The number of aromatic nitrogens is 5. The summed E-state index contributed by atoms with van der Waals surface area (Å²) in [6.07, 6.45) is 6.67. The minimum atomic E-state index is -0.188. The van der Waals surface area contributed by atoms with Crippen molar-refractivity contribution in [3.05, 3.63) is 71.9 Å². The molecule has 0 amide bonds. The number of aromatic amines is 1. The van der Waals surface area contributed by atoms with Crippen molar-refractivity contribution in [2.24, 2.45) is 5.92 Å². The maximum atomic E-state index is 14.3. The van der Waals surface area contributed by atoms with Crippen LogP contribution in [-0.2, 0) is 6.42 Å². The van der Waals surface area contributed by atoms with Crippen molar-refractivity contribution < 1.29 is 4.39 Å². The number of nitrogen functional groups attached to an aromatic ring is 1. The van der Waals surface area contributed by atoms with E-state index in [1.807, 2.05) is 12.1 Å². The van der Waals surface area contributed by atoms with E-state index in [4.69, 9.17) is 10.8 Å². The van der Waals surface area contributed by atoms with Gasteiger partial charge in [-0.25, -0.2) is 19.0 Å². The van der Waals surface area contributed by atoms with Gasteiger partial charge in [0.2, 0.25) is 0 Å². The molecule has 2 aliphatic rings. The summed E-state index contributed by atoms with van der Waals surface area (Å²) in [4.78, 5) is 17.8. The predicted octanol–water partition coefficient (Wildman–Crippen LogP) is 6.04. The van der Waals surface area contributed by atoms with Crippen LogP contribution in [-0.4, -0.2) is 73.3 Å². The highest BCUT2D eigenvalue weighted by atomic mass is 19.1. The van der Waals surface area contributed by atoms with E-state index < -0.39 is 0 Å². The van der Waals surface area contributed by atoms with Gasteiger partial charge in [-0.3, -0.25) is 0 Å². The molecule has 0 spiro atoms. The molecule has 0 aliphatic carbocycles. The second-order valence-corrected chi connectivity index (χ2v) is 12.8. The lowest BCUT2D eigenvalue weighted by molar-refractivity contribution is 0.0742. The summed E-state index contributed by atoms with van der Waals surface area (Å²) in [5.74, 6) is 0.991. The fourth-order valence-corrected chi connectivity index (χ4v) is 7.21. The molecule has 8 nitrogen and oxygen atoms in total. The quantitative estimate of drug-likeness (QED) is 0.244. The molecule has 2 fully saturated rings. The Morgan fingerprint density at radius 1 is 0.953 bits per heavy atom. The van der Waals surface area contributed by atoms with E-state index in [1.54, 1.807) is 12.4 Å². The summed E-state index contributed by atoms with van der Waals surface area (Å²) in [5, 5.41) is 7.02. The first-order chi connectivity index (χ1) is 20.9. The number of hydrogen-bond acceptors (Lipinski definition) is 6. The van der Waals surface area contributed by atoms with Crippen molar-refractivity contribution in [2.45, 2.75) is 58.0 Å². The molecule has 2 saturated heterocycles. The number of nitrogens with one attached hydrogen (secondary N) is 1. The zero-order chi connectivity index (χ0) is 29.5. The van der Waals surface area contributed by atoms with Gasteiger partial charge in [-0.1, -0.05) is 38.1 Å². The molecule has 224 valence electrons. The third-order valence-corrected chi connectivity index (χ3v) is 9.35. The molecule has 0 radical (unpaired) electrons. The molecule has 0 atom stereocenters. The number of H-pyrrole nitrogens is 1. The van der Waals surface area contributed by atoms with E-state index in [2.05, 4.69) is 67.5 Å². The number of nitrogens with two attached hydrogens (primary N) is 1. The molecule has 3 N–H and O–H groups in total. The number of nitrogens with zero attached hydrogens (tertiary/aromatic N) is 6. The summed E-state index contributed by atoms with van der Waals surface area (Å²) in [6, 6.07) is 16.2. The first-order valence-corrected chi connectivity index (χ1v) is 15.7. The Labute approximate surface area is 252 Å². The zero-order valence-electron chi connectivity index (χ0n) is 25.1. The van der Waals surface area contributed by atoms with Crippen molar-refractivity contribution in [3.63, 3.8) is 0 Å². The summed E-state index contributed by atoms with van der Waals surface area (Å²) in [7, 11) is 0. The van der Waals surface area contributed by atoms with Crippen LogP contribution in [0.1, 0.15) is 56.8 Å². The van der Waals surface area contributed by atoms with Crippen LogP contribution in [0.5, 0.6) is 0 Å². The first kappa shape index (κ1) is 28.0. The molecule has 3 aromatic heterocycles. The van der Waals surface area contributed by atoms with Crippen molar-refractivity contribution in [1.82, 2.24) is 34.5 Å². The normalized spacial score (nSPS) is 18.0. The van der Waals surface area contributed by atoms with E-state index >= 15 is 0 Å². The number of fused-ring (bicyclic) bond motifs is 2. The topological polar surface area (TPSA) is 91.9 Å². The fourth-order valence-electron chi connectivity index (χ4n) is 7.21. The number of hydrogen-bond donors (Lipinski definition) is 2. The molecule has 43 heavy (non-hydrogen) atoms. The third kappa shape index (κ3) is 5.63. The summed E-state index contributed by atoms with van der Waals surface area (Å²) in [6.45, 7) is 10.4. The van der Waals surface area contributed by atoms with Crippen molar-refractivity contribution in [1.29, 1.82) is 0 Å². The van der Waals surface area contributed by atoms with E-state index in [0.29, 0.717) is 23.8 Å². The number of piperidine rings is 2. The smallest absolute Gasteiger partial charge is 0.164 e. The van der Waals surface area contributed by atoms with Gasteiger partial charge >= 0.3 is 0 Å². The van der Waals surface area contributed by atoms with Crippen LogP contribution in [0.3, 0.4) is 0 Å². The van der Waals surface area contributed by atoms with Gasteiger partial charge in [0.1, 0.15) is 23.7 Å². The summed E-state index contributed by atoms with van der Waals surface area (Å²) in [5.41, 5.74) is 11.7. The number of rotatable bonds is 7. The molecule has 0 bridgehead atoms. The molecule has 0 saturated carbocycles. The molecular weight excluding hydrogens is 539 g/mol. The lowest BCUT2D eigenvalue weighted by Gasteiger charge is -2.42. The predicted molar refractivity (Wildman–Crippen MR) is 170 cm³/mol. The van der Waals surface area contributed by atoms with Gasteiger partial charge < -0.3 is 20.5 Å². The average molecular weight is 581 g/mol. The molecule has 2 aromatic carbocycles. The Bertz CT molecular complexity index is 1720. The largest absolute Gasteiger partial charge is 0.383 e. The molecule has 5 aromatic rings. The number of benzene rings is 2. The van der Waals surface area contributed by atoms with Crippen LogP contribution in [0.25, 0.3) is 33.2 Å². The lowest BCUT2D eigenvalue weighted by atomic mass is 9.97. The van der Waals surface area contributed by atoms with Gasteiger partial charge in [-0.15, -0.1) is 0 Å². The van der Waals surface area contributed by atoms with Crippen LogP contribution in [0, 0.1) is 11.7 Å². The Kier molecular flexibility index (Phi) is 7.61. The summed E-state index contributed by atoms with van der Waals surface area (Å²) >= 11 is 0. The Balaban J connectivity index is 1.11. The highest BCUT2D eigenvalue weighted by molar-refractivity contribution is 6.00. The van der Waals surface area contributed by atoms with Gasteiger partial charge in [0.25, 0.3) is 0 Å². The van der Waals surface area contributed by atoms with Crippen molar-refractivity contribution in [3.8, 4) is 11.3 Å². The molecule has 7 rings (SSSR count). The molecular formula is C34H41FN8. The Morgan fingerprint density at radius 3 is 2.49 bits per heavy atom. The van der Waals surface area contributed by atoms with E-state index in [9.17, 15) is 4.39 Å². The minimum Gasteiger partial charge on any atom is -0.383 e. The van der Waals surface area contributed by atoms with Gasteiger partial charge in [0.15, 0.2) is 5.65 Å². The van der Waals surface area contributed by atoms with Crippen molar-refractivity contribution >= 4 is 27.8 Å². The van der Waals surface area contributed by atoms with Crippen LogP contribution >= 0.6 is 0 Å². The van der Waals surface area contributed by atoms with E-state index in [-0.39, 0.29) is 11.9 Å². The highest BCUT2D eigenvalue weighted by Crippen LogP contribution is 2.36. The molecule has 5 heterocycles. The van der Waals surface area contributed by atoms with E-state index in [1.165, 1.54) is 38.5 Å².